The summed E-state index contributed by atoms with van der Waals surface area (Å²) in [6.45, 7) is 5.70. The van der Waals surface area contributed by atoms with Gasteiger partial charge in [-0.1, -0.05) is 13.8 Å². The van der Waals surface area contributed by atoms with Crippen LogP contribution < -0.4 is 4.90 Å². The van der Waals surface area contributed by atoms with Gasteiger partial charge < -0.3 is 15.0 Å². The number of fused-ring (bicyclic) bond motifs is 1. The highest BCUT2D eigenvalue weighted by Gasteiger charge is 2.30. The Kier molecular flexibility index (Phi) is 2.70. The normalized spacial score (nSPS) is 24.1. The van der Waals surface area contributed by atoms with Crippen molar-refractivity contribution in [2.24, 2.45) is 5.92 Å². The van der Waals surface area contributed by atoms with E-state index in [2.05, 4.69) is 33.7 Å². The molecule has 2 atom stereocenters. The van der Waals surface area contributed by atoms with Crippen LogP contribution in [0.1, 0.15) is 19.4 Å². The first-order chi connectivity index (χ1) is 8.70. The maximum Gasteiger partial charge on any atom is 0.143 e. The first-order valence-electron chi connectivity index (χ1n) is 6.44. The Morgan fingerprint density at radius 1 is 1.44 bits per heavy atom. The van der Waals surface area contributed by atoms with Crippen molar-refractivity contribution in [3.63, 3.8) is 0 Å². The van der Waals surface area contributed by atoms with Crippen LogP contribution in [0.15, 0.2) is 12.5 Å². The molecule has 0 saturated carbocycles. The van der Waals surface area contributed by atoms with E-state index in [-0.39, 0.29) is 6.10 Å². The highest BCUT2D eigenvalue weighted by molar-refractivity contribution is 5.90. The number of aliphatic hydroxyl groups excluding tert-OH is 1. The smallest absolute Gasteiger partial charge is 0.143 e. The molecule has 0 aromatic carbocycles. The Labute approximate surface area is 106 Å². The number of hydrogen-bond donors (Lipinski definition) is 2. The molecule has 0 amide bonds. The van der Waals surface area contributed by atoms with Crippen LogP contribution in [-0.2, 0) is 6.42 Å². The molecule has 0 aliphatic carbocycles. The predicted molar refractivity (Wildman–Crippen MR) is 70.7 cm³/mol. The first-order valence-corrected chi connectivity index (χ1v) is 6.44. The Morgan fingerprint density at radius 2 is 2.28 bits per heavy atom. The number of anilines is 1. The molecule has 5 nitrogen and oxygen atoms in total. The van der Waals surface area contributed by atoms with Crippen molar-refractivity contribution in [3.8, 4) is 0 Å². The molecule has 2 unspecified atom stereocenters. The van der Waals surface area contributed by atoms with Gasteiger partial charge in [0.15, 0.2) is 0 Å². The van der Waals surface area contributed by atoms with Crippen molar-refractivity contribution < 1.29 is 5.11 Å². The van der Waals surface area contributed by atoms with E-state index in [9.17, 15) is 5.11 Å². The van der Waals surface area contributed by atoms with Crippen LogP contribution in [-0.4, -0.2) is 39.3 Å². The van der Waals surface area contributed by atoms with Crippen molar-refractivity contribution in [2.45, 2.75) is 26.4 Å². The van der Waals surface area contributed by atoms with Crippen LogP contribution in [0.5, 0.6) is 0 Å². The van der Waals surface area contributed by atoms with Gasteiger partial charge in [-0.15, -0.1) is 0 Å². The number of aromatic nitrogens is 3. The van der Waals surface area contributed by atoms with Crippen molar-refractivity contribution >= 4 is 16.9 Å². The van der Waals surface area contributed by atoms with Crippen molar-refractivity contribution in [1.29, 1.82) is 0 Å². The quantitative estimate of drug-likeness (QED) is 0.839. The SMILES string of the molecule is CCc1c[nH]c2ncnc(N3CC(C)C(O)C3)c12. The highest BCUT2D eigenvalue weighted by Crippen LogP contribution is 2.30. The topological polar surface area (TPSA) is 65.0 Å². The molecule has 1 saturated heterocycles. The Morgan fingerprint density at radius 3 is 2.94 bits per heavy atom. The molecule has 2 aromatic heterocycles. The van der Waals surface area contributed by atoms with Crippen LogP contribution in [0.2, 0.25) is 0 Å². The lowest BCUT2D eigenvalue weighted by atomic mass is 10.1. The average molecular weight is 246 g/mol. The van der Waals surface area contributed by atoms with E-state index >= 15 is 0 Å². The van der Waals surface area contributed by atoms with Crippen LogP contribution >= 0.6 is 0 Å². The van der Waals surface area contributed by atoms with Gasteiger partial charge in [-0.05, 0) is 12.0 Å². The summed E-state index contributed by atoms with van der Waals surface area (Å²) in [5.74, 6) is 1.24. The lowest BCUT2D eigenvalue weighted by molar-refractivity contribution is 0.157. The highest BCUT2D eigenvalue weighted by atomic mass is 16.3. The number of hydrogen-bond acceptors (Lipinski definition) is 4. The van der Waals surface area contributed by atoms with Crippen molar-refractivity contribution in [1.82, 2.24) is 15.0 Å². The third-order valence-electron chi connectivity index (χ3n) is 3.78. The number of β-amino-alcohol motifs (C(OH)–C–C–N with tert-alkyl or cyclic N) is 1. The van der Waals surface area contributed by atoms with Gasteiger partial charge in [-0.2, -0.15) is 0 Å². The Balaban J connectivity index is 2.09. The van der Waals surface area contributed by atoms with Gasteiger partial charge in [0.1, 0.15) is 17.8 Å². The number of aromatic amines is 1. The molecule has 1 fully saturated rings. The number of H-pyrrole nitrogens is 1. The van der Waals surface area contributed by atoms with Gasteiger partial charge in [-0.3, -0.25) is 0 Å². The molecule has 3 heterocycles. The minimum atomic E-state index is -0.265. The predicted octanol–water partition coefficient (Wildman–Crippen LogP) is 1.34. The van der Waals surface area contributed by atoms with E-state index in [4.69, 9.17) is 0 Å². The molecule has 0 bridgehead atoms. The lowest BCUT2D eigenvalue weighted by Crippen LogP contribution is -2.22. The zero-order chi connectivity index (χ0) is 12.7. The van der Waals surface area contributed by atoms with E-state index in [0.717, 1.165) is 29.8 Å². The fourth-order valence-electron chi connectivity index (χ4n) is 2.65. The lowest BCUT2D eigenvalue weighted by Gasteiger charge is -2.17. The molecule has 1 aliphatic rings. The maximum atomic E-state index is 9.89. The number of nitrogens with zero attached hydrogens (tertiary/aromatic N) is 3. The van der Waals surface area contributed by atoms with Crippen LogP contribution in [0, 0.1) is 5.92 Å². The minimum Gasteiger partial charge on any atom is -0.391 e. The van der Waals surface area contributed by atoms with Gasteiger partial charge >= 0.3 is 0 Å². The zero-order valence-corrected chi connectivity index (χ0v) is 10.7. The fourth-order valence-corrected chi connectivity index (χ4v) is 2.65. The molecule has 2 N–H and O–H groups in total. The number of aryl methyl sites for hydroxylation is 1. The monoisotopic (exact) mass is 246 g/mol. The van der Waals surface area contributed by atoms with E-state index in [1.807, 2.05) is 6.20 Å². The molecular weight excluding hydrogens is 228 g/mol. The van der Waals surface area contributed by atoms with E-state index in [1.165, 1.54) is 5.56 Å². The molecule has 96 valence electrons. The number of aliphatic hydroxyl groups is 1. The zero-order valence-electron chi connectivity index (χ0n) is 10.7. The van der Waals surface area contributed by atoms with Gasteiger partial charge in [0.2, 0.25) is 0 Å². The summed E-state index contributed by atoms with van der Waals surface area (Å²) in [5, 5.41) is 11.0. The summed E-state index contributed by atoms with van der Waals surface area (Å²) in [5.41, 5.74) is 2.11. The number of nitrogens with one attached hydrogen (secondary N) is 1. The summed E-state index contributed by atoms with van der Waals surface area (Å²) in [6, 6.07) is 0. The molecule has 5 heteroatoms. The van der Waals surface area contributed by atoms with Crippen LogP contribution in [0.4, 0.5) is 5.82 Å². The molecule has 2 aromatic rings. The van der Waals surface area contributed by atoms with Crippen LogP contribution in [0.3, 0.4) is 0 Å². The summed E-state index contributed by atoms with van der Waals surface area (Å²) in [7, 11) is 0. The second-order valence-corrected chi connectivity index (χ2v) is 5.04. The fraction of sp³-hybridized carbons (Fsp3) is 0.538. The average Bonchev–Trinajstić information content (AvgIpc) is 2.93. The molecule has 18 heavy (non-hydrogen) atoms. The van der Waals surface area contributed by atoms with Crippen molar-refractivity contribution in [3.05, 3.63) is 18.1 Å². The Hall–Kier alpha value is -1.62. The van der Waals surface area contributed by atoms with E-state index in [0.29, 0.717) is 12.5 Å². The van der Waals surface area contributed by atoms with Gasteiger partial charge in [-0.25, -0.2) is 9.97 Å². The summed E-state index contributed by atoms with van der Waals surface area (Å²) >= 11 is 0. The molecule has 1 aliphatic heterocycles. The van der Waals surface area contributed by atoms with E-state index in [1.54, 1.807) is 6.33 Å². The van der Waals surface area contributed by atoms with Gasteiger partial charge in [0.25, 0.3) is 0 Å². The number of rotatable bonds is 2. The molecule has 0 radical (unpaired) electrons. The largest absolute Gasteiger partial charge is 0.391 e. The third-order valence-corrected chi connectivity index (χ3v) is 3.78. The third kappa shape index (κ3) is 1.66. The maximum absolute atomic E-state index is 9.89. The molecule has 0 spiro atoms. The first kappa shape index (κ1) is 11.5. The second kappa shape index (κ2) is 4.24. The van der Waals surface area contributed by atoms with E-state index < -0.39 is 0 Å². The molecule has 3 rings (SSSR count). The molecular formula is C13H18N4O. The van der Waals surface area contributed by atoms with Gasteiger partial charge in [0.05, 0.1) is 11.5 Å². The standard InChI is InChI=1S/C13H18N4O/c1-3-9-4-14-12-11(9)13(16-7-15-12)17-5-8(2)10(18)6-17/h4,7-8,10,18H,3,5-6H2,1-2H3,(H,14,15,16). The summed E-state index contributed by atoms with van der Waals surface area (Å²) in [4.78, 5) is 14.0. The van der Waals surface area contributed by atoms with Gasteiger partial charge in [0, 0.05) is 25.2 Å². The summed E-state index contributed by atoms with van der Waals surface area (Å²) < 4.78 is 0. The van der Waals surface area contributed by atoms with Crippen molar-refractivity contribution in [2.75, 3.05) is 18.0 Å². The summed E-state index contributed by atoms with van der Waals surface area (Å²) in [6.07, 6.45) is 4.27. The minimum absolute atomic E-state index is 0.265. The second-order valence-electron chi connectivity index (χ2n) is 5.04. The Bertz CT molecular complexity index is 555. The van der Waals surface area contributed by atoms with Crippen LogP contribution in [0.25, 0.3) is 11.0 Å².